The predicted molar refractivity (Wildman–Crippen MR) is 159 cm³/mol. The fourth-order valence-electron chi connectivity index (χ4n) is 4.14. The van der Waals surface area contributed by atoms with Gasteiger partial charge in [-0.25, -0.2) is 0 Å². The maximum Gasteiger partial charge on any atom is 0.344 e. The van der Waals surface area contributed by atoms with Crippen LogP contribution in [0.3, 0.4) is 0 Å². The number of methoxy groups -OCH3 is 1. The minimum absolute atomic E-state index is 0.0391. The zero-order chi connectivity index (χ0) is 28.5. The molecule has 0 saturated heterocycles. The minimum atomic E-state index is -3.16. The van der Waals surface area contributed by atoms with Crippen LogP contribution in [0.4, 0.5) is 0 Å². The zero-order valence-electron chi connectivity index (χ0n) is 25.4. The van der Waals surface area contributed by atoms with E-state index >= 15 is 0 Å². The molecule has 0 fully saturated rings. The lowest BCUT2D eigenvalue weighted by atomic mass is 10.5. The number of carbonyl (C=O) groups is 1. The summed E-state index contributed by atoms with van der Waals surface area (Å²) < 4.78 is 49.7. The van der Waals surface area contributed by atoms with Gasteiger partial charge in [-0.15, -0.1) is 0 Å². The molecule has 0 N–H and O–H groups in total. The smallest absolute Gasteiger partial charge is 0.344 e. The van der Waals surface area contributed by atoms with Crippen molar-refractivity contribution in [2.24, 2.45) is 0 Å². The summed E-state index contributed by atoms with van der Waals surface area (Å²) in [7, 11) is -13.8. The molecular weight excluding hydrogens is 565 g/mol. The Bertz CT molecular complexity index is 669. The Morgan fingerprint density at radius 1 is 0.583 bits per heavy atom. The Balaban J connectivity index is 6.00. The molecule has 0 rings (SSSR count). The average molecular weight is 619 g/mol. The second-order valence-corrected chi connectivity index (χ2v) is 35.5. The van der Waals surface area contributed by atoms with Crippen LogP contribution in [0.15, 0.2) is 0 Å². The Morgan fingerprint density at radius 2 is 1.03 bits per heavy atom. The van der Waals surface area contributed by atoms with Crippen LogP contribution >= 0.6 is 0 Å². The molecule has 0 aliphatic rings. The van der Waals surface area contributed by atoms with E-state index in [1.54, 1.807) is 0 Å². The fraction of sp³-hybridized carbons (Fsp3) is 0.952. The summed E-state index contributed by atoms with van der Waals surface area (Å²) in [5, 5.41) is 0. The highest BCUT2D eigenvalue weighted by Gasteiger charge is 2.52. The van der Waals surface area contributed by atoms with E-state index in [0.717, 1.165) is 6.42 Å². The van der Waals surface area contributed by atoms with E-state index in [9.17, 15) is 4.79 Å². The highest BCUT2D eigenvalue weighted by atomic mass is 28.5. The lowest BCUT2D eigenvalue weighted by molar-refractivity contribution is -0.138. The van der Waals surface area contributed by atoms with Gasteiger partial charge in [0.1, 0.15) is 0 Å². The van der Waals surface area contributed by atoms with Gasteiger partial charge in [0, 0.05) is 6.61 Å². The maximum absolute atomic E-state index is 12.5. The molecule has 0 spiro atoms. The molecule has 0 saturated carbocycles. The molecule has 0 bridgehead atoms. The molecule has 2 unspecified atom stereocenters. The van der Waals surface area contributed by atoms with Crippen molar-refractivity contribution in [3.8, 4) is 0 Å². The summed E-state index contributed by atoms with van der Waals surface area (Å²) in [5.41, 5.74) is 0. The second kappa shape index (κ2) is 14.8. The molecule has 36 heavy (non-hydrogen) atoms. The Hall–Kier alpha value is 0.491. The van der Waals surface area contributed by atoms with Crippen LogP contribution < -0.4 is 0 Å². The molecular formula is C21H54O9Si6. The fourth-order valence-corrected chi connectivity index (χ4v) is 32.3. The van der Waals surface area contributed by atoms with Gasteiger partial charge in [-0.1, -0.05) is 6.92 Å². The van der Waals surface area contributed by atoms with Gasteiger partial charge in [0.2, 0.25) is 0 Å². The lowest BCUT2D eigenvalue weighted by Crippen LogP contribution is -2.63. The summed E-state index contributed by atoms with van der Waals surface area (Å²) >= 11 is 0. The number of hydrogen-bond acceptors (Lipinski definition) is 9. The molecule has 15 heteroatoms. The van der Waals surface area contributed by atoms with Crippen molar-refractivity contribution in [1.82, 2.24) is 0 Å². The molecule has 0 aliphatic carbocycles. The maximum atomic E-state index is 12.5. The first-order chi connectivity index (χ1) is 16.1. The van der Waals surface area contributed by atoms with Gasteiger partial charge in [-0.2, -0.15) is 0 Å². The summed E-state index contributed by atoms with van der Waals surface area (Å²) in [6, 6.07) is 0.0391. The topological polar surface area (TPSA) is 90.9 Å². The quantitative estimate of drug-likeness (QED) is 0.107. The van der Waals surface area contributed by atoms with Crippen molar-refractivity contribution < 1.29 is 39.6 Å². The monoisotopic (exact) mass is 618 g/mol. The largest absolute Gasteiger partial charge is 0.469 e. The van der Waals surface area contributed by atoms with E-state index in [1.165, 1.54) is 7.11 Å². The number of esters is 1. The van der Waals surface area contributed by atoms with Gasteiger partial charge < -0.3 is 34.8 Å². The van der Waals surface area contributed by atoms with Gasteiger partial charge in [-0.3, -0.25) is 4.79 Å². The van der Waals surface area contributed by atoms with E-state index in [0.29, 0.717) is 19.8 Å². The average Bonchev–Trinajstić information content (AvgIpc) is 2.58. The number of ether oxygens (including phenoxy) is 3. The Labute approximate surface area is 227 Å². The van der Waals surface area contributed by atoms with Crippen molar-refractivity contribution in [1.29, 1.82) is 0 Å². The first-order valence-electron chi connectivity index (χ1n) is 12.8. The summed E-state index contributed by atoms with van der Waals surface area (Å²) in [6.07, 6.45) is 1.23. The molecule has 0 aromatic heterocycles. The summed E-state index contributed by atoms with van der Waals surface area (Å²) in [6.45, 7) is 28.5. The van der Waals surface area contributed by atoms with E-state index in [4.69, 9.17) is 34.8 Å². The highest BCUT2D eigenvalue weighted by molar-refractivity contribution is 6.92. The molecule has 0 amide bonds. The minimum Gasteiger partial charge on any atom is -0.469 e. The van der Waals surface area contributed by atoms with Gasteiger partial charge in [0.25, 0.3) is 0 Å². The van der Waals surface area contributed by atoms with E-state index in [2.05, 4.69) is 46.2 Å². The standard InChI is InChI=1S/C21H54O9Si6/c1-15-16-24-17-18-25-20-36(14,29-34(11,12)27-32(6,7)8)30-35(13,19-21(22)23-2)28-33(9,10)26-31(3,4)5/h15-20H2,1-14H3. The number of carbonyl (C=O) groups excluding carboxylic acids is 1. The zero-order valence-corrected chi connectivity index (χ0v) is 31.4. The number of rotatable bonds is 19. The third-order valence-corrected chi connectivity index (χ3v) is 25.6. The third-order valence-electron chi connectivity index (χ3n) is 4.24. The molecule has 216 valence electrons. The van der Waals surface area contributed by atoms with Crippen LogP contribution in [-0.2, 0) is 39.6 Å². The van der Waals surface area contributed by atoms with Gasteiger partial charge in [0.15, 0.2) is 16.6 Å². The van der Waals surface area contributed by atoms with Crippen molar-refractivity contribution in [2.45, 2.75) is 98.0 Å². The Kier molecular flexibility index (Phi) is 15.0. The van der Waals surface area contributed by atoms with Crippen LogP contribution in [-0.4, -0.2) is 90.0 Å². The van der Waals surface area contributed by atoms with E-state index < -0.39 is 50.9 Å². The van der Waals surface area contributed by atoms with Gasteiger partial charge in [0.05, 0.1) is 32.6 Å². The molecule has 0 aromatic carbocycles. The summed E-state index contributed by atoms with van der Waals surface area (Å²) in [5.74, 6) is -0.373. The van der Waals surface area contributed by atoms with Crippen LogP contribution in [0.25, 0.3) is 0 Å². The predicted octanol–water partition coefficient (Wildman–Crippen LogP) is 5.44. The highest BCUT2D eigenvalue weighted by Crippen LogP contribution is 2.30. The third kappa shape index (κ3) is 17.9. The first kappa shape index (κ1) is 36.5. The molecule has 0 heterocycles. The van der Waals surface area contributed by atoms with Crippen molar-refractivity contribution in [3.63, 3.8) is 0 Å². The Morgan fingerprint density at radius 3 is 1.44 bits per heavy atom. The van der Waals surface area contributed by atoms with Crippen molar-refractivity contribution in [3.05, 3.63) is 0 Å². The van der Waals surface area contributed by atoms with Crippen molar-refractivity contribution >= 4 is 56.8 Å². The molecule has 0 aliphatic heterocycles. The van der Waals surface area contributed by atoms with Gasteiger partial charge in [-0.05, 0) is 85.0 Å². The van der Waals surface area contributed by atoms with Crippen LogP contribution in [0.5, 0.6) is 0 Å². The second-order valence-electron chi connectivity index (χ2n) is 12.2. The molecule has 2 atom stereocenters. The SMILES string of the molecule is CCCOCCOC[Si](C)(O[Si](C)(C)O[Si](C)(C)C)O[Si](C)(CC(=O)OC)O[Si](C)(C)O[Si](C)(C)C. The molecule has 0 radical (unpaired) electrons. The van der Waals surface area contributed by atoms with E-state index in [-0.39, 0.29) is 18.2 Å². The van der Waals surface area contributed by atoms with Crippen molar-refractivity contribution in [2.75, 3.05) is 33.2 Å². The summed E-state index contributed by atoms with van der Waals surface area (Å²) in [4.78, 5) is 12.5. The van der Waals surface area contributed by atoms with Crippen LogP contribution in [0.2, 0.25) is 84.6 Å². The molecule has 0 aromatic rings. The molecule has 9 nitrogen and oxygen atoms in total. The van der Waals surface area contributed by atoms with Crippen LogP contribution in [0.1, 0.15) is 13.3 Å². The lowest BCUT2D eigenvalue weighted by Gasteiger charge is -2.44. The van der Waals surface area contributed by atoms with Crippen LogP contribution in [0, 0.1) is 0 Å². The van der Waals surface area contributed by atoms with E-state index in [1.807, 2.05) is 39.3 Å². The van der Waals surface area contributed by atoms with Gasteiger partial charge >= 0.3 is 40.2 Å². The number of hydrogen-bond donors (Lipinski definition) is 0. The first-order valence-corrected chi connectivity index (χ1v) is 30.3. The normalized spacial score (nSPS) is 16.9.